The van der Waals surface area contributed by atoms with E-state index in [0.717, 1.165) is 31.6 Å². The summed E-state index contributed by atoms with van der Waals surface area (Å²) in [6.45, 7) is 3.72. The first-order chi connectivity index (χ1) is 9.58. The van der Waals surface area contributed by atoms with Crippen LogP contribution >= 0.6 is 0 Å². The average Bonchev–Trinajstić information content (AvgIpc) is 2.73. The van der Waals surface area contributed by atoms with Crippen molar-refractivity contribution < 1.29 is 14.3 Å². The Morgan fingerprint density at radius 2 is 2.10 bits per heavy atom. The van der Waals surface area contributed by atoms with Gasteiger partial charge in [-0.15, -0.1) is 0 Å². The van der Waals surface area contributed by atoms with Crippen LogP contribution in [0.4, 0.5) is 0 Å². The minimum Gasteiger partial charge on any atom is -0.454 e. The molecule has 2 rings (SSSR count). The van der Waals surface area contributed by atoms with E-state index in [1.54, 1.807) is 0 Å². The molecule has 0 aromatic heterocycles. The molecule has 0 N–H and O–H groups in total. The molecule has 4 heteroatoms. The van der Waals surface area contributed by atoms with Gasteiger partial charge in [0.25, 0.3) is 0 Å². The maximum atomic E-state index is 11.7. The molecule has 2 atom stereocenters. The molecular formula is C16H23NO3. The van der Waals surface area contributed by atoms with Gasteiger partial charge in [-0.05, 0) is 39.9 Å². The molecule has 20 heavy (non-hydrogen) atoms. The normalized spacial score (nSPS) is 19.0. The van der Waals surface area contributed by atoms with E-state index in [1.165, 1.54) is 0 Å². The number of hydrogen-bond donors (Lipinski definition) is 0. The van der Waals surface area contributed by atoms with Crippen LogP contribution in [0.2, 0.25) is 0 Å². The summed E-state index contributed by atoms with van der Waals surface area (Å²) >= 11 is 0. The fourth-order valence-electron chi connectivity index (χ4n) is 2.34. The van der Waals surface area contributed by atoms with Crippen molar-refractivity contribution in [3.63, 3.8) is 0 Å². The first-order valence-electron chi connectivity index (χ1n) is 7.14. The van der Waals surface area contributed by atoms with Gasteiger partial charge in [0, 0.05) is 12.1 Å². The van der Waals surface area contributed by atoms with Crippen molar-refractivity contribution in [1.29, 1.82) is 0 Å². The molecule has 1 aromatic rings. The molecule has 1 aliphatic heterocycles. The zero-order valence-corrected chi connectivity index (χ0v) is 12.5. The summed E-state index contributed by atoms with van der Waals surface area (Å²) in [5.41, 5.74) is 1.72. The van der Waals surface area contributed by atoms with Crippen LogP contribution in [0.1, 0.15) is 41.8 Å². The van der Waals surface area contributed by atoms with Gasteiger partial charge in [-0.3, -0.25) is 0 Å². The molecule has 2 unspecified atom stereocenters. The topological polar surface area (TPSA) is 38.8 Å². The van der Waals surface area contributed by atoms with Gasteiger partial charge in [-0.2, -0.15) is 0 Å². The minimum absolute atomic E-state index is 0.112. The maximum absolute atomic E-state index is 11.7. The van der Waals surface area contributed by atoms with Crippen molar-refractivity contribution in [2.75, 3.05) is 27.2 Å². The van der Waals surface area contributed by atoms with Crippen LogP contribution in [0, 0.1) is 0 Å². The van der Waals surface area contributed by atoms with Crippen LogP contribution in [-0.4, -0.2) is 44.2 Å². The van der Waals surface area contributed by atoms with Crippen molar-refractivity contribution >= 4 is 5.97 Å². The second-order valence-electron chi connectivity index (χ2n) is 5.54. The Bertz CT molecular complexity index is 459. The summed E-state index contributed by atoms with van der Waals surface area (Å²) in [5.74, 6) is -0.202. The zero-order chi connectivity index (χ0) is 14.5. The number of nitrogens with zero attached hydrogens (tertiary/aromatic N) is 1. The Labute approximate surface area is 120 Å². The summed E-state index contributed by atoms with van der Waals surface area (Å²) in [6.07, 6.45) is 1.77. The number of likely N-dealkylation sites (N-methyl/N-ethyl adjacent to an activating group) is 1. The number of ether oxygens (including phenoxy) is 2. The smallest absolute Gasteiger partial charge is 0.339 e. The Morgan fingerprint density at radius 1 is 1.35 bits per heavy atom. The number of carbonyl (C=O) groups is 1. The third-order valence-corrected chi connectivity index (χ3v) is 3.55. The van der Waals surface area contributed by atoms with Gasteiger partial charge < -0.3 is 14.4 Å². The zero-order valence-electron chi connectivity index (χ0n) is 12.5. The van der Waals surface area contributed by atoms with E-state index < -0.39 is 0 Å². The summed E-state index contributed by atoms with van der Waals surface area (Å²) in [7, 11) is 4.06. The van der Waals surface area contributed by atoms with Gasteiger partial charge in [0.05, 0.1) is 18.3 Å². The van der Waals surface area contributed by atoms with Gasteiger partial charge in [-0.1, -0.05) is 18.2 Å². The first-order valence-corrected chi connectivity index (χ1v) is 7.14. The summed E-state index contributed by atoms with van der Waals surface area (Å²) in [6, 6.07) is 7.62. The van der Waals surface area contributed by atoms with E-state index in [1.807, 2.05) is 38.4 Å². The fourth-order valence-corrected chi connectivity index (χ4v) is 2.34. The molecule has 0 spiro atoms. The number of fused-ring (bicyclic) bond motifs is 1. The van der Waals surface area contributed by atoms with E-state index in [4.69, 9.17) is 9.47 Å². The lowest BCUT2D eigenvalue weighted by Crippen LogP contribution is -2.21. The molecule has 0 saturated heterocycles. The van der Waals surface area contributed by atoms with Crippen LogP contribution in [0.5, 0.6) is 0 Å². The predicted octanol–water partition coefficient (Wildman–Crippen LogP) is 2.65. The third kappa shape index (κ3) is 3.81. The van der Waals surface area contributed by atoms with E-state index >= 15 is 0 Å². The van der Waals surface area contributed by atoms with Gasteiger partial charge in [-0.25, -0.2) is 4.79 Å². The van der Waals surface area contributed by atoms with Gasteiger partial charge in [0.1, 0.15) is 6.10 Å². The van der Waals surface area contributed by atoms with Crippen molar-refractivity contribution in [1.82, 2.24) is 4.90 Å². The van der Waals surface area contributed by atoms with Crippen LogP contribution in [-0.2, 0) is 9.47 Å². The van der Waals surface area contributed by atoms with Crippen molar-refractivity contribution in [3.8, 4) is 0 Å². The maximum Gasteiger partial charge on any atom is 0.339 e. The second-order valence-corrected chi connectivity index (χ2v) is 5.54. The number of esters is 1. The second kappa shape index (κ2) is 6.86. The highest BCUT2D eigenvalue weighted by Crippen LogP contribution is 2.33. The number of benzene rings is 1. The summed E-state index contributed by atoms with van der Waals surface area (Å²) in [5, 5.41) is 0. The average molecular weight is 277 g/mol. The molecule has 0 amide bonds. The van der Waals surface area contributed by atoms with Crippen LogP contribution in [0.15, 0.2) is 24.3 Å². The molecule has 0 saturated carbocycles. The Kier molecular flexibility index (Phi) is 5.15. The van der Waals surface area contributed by atoms with Crippen molar-refractivity contribution in [3.05, 3.63) is 35.4 Å². The summed E-state index contributed by atoms with van der Waals surface area (Å²) < 4.78 is 11.2. The molecule has 0 bridgehead atoms. The summed E-state index contributed by atoms with van der Waals surface area (Å²) in [4.78, 5) is 13.8. The van der Waals surface area contributed by atoms with E-state index in [2.05, 4.69) is 11.8 Å². The Balaban J connectivity index is 1.79. The number of hydrogen-bond acceptors (Lipinski definition) is 4. The lowest BCUT2D eigenvalue weighted by molar-refractivity contribution is 0.0215. The molecule has 4 nitrogen and oxygen atoms in total. The molecule has 0 aliphatic carbocycles. The van der Waals surface area contributed by atoms with Gasteiger partial charge >= 0.3 is 5.97 Å². The number of rotatable bonds is 7. The highest BCUT2D eigenvalue weighted by molar-refractivity contribution is 5.93. The van der Waals surface area contributed by atoms with E-state index in [0.29, 0.717) is 5.56 Å². The molecular weight excluding hydrogens is 254 g/mol. The Hall–Kier alpha value is -1.39. The molecule has 1 heterocycles. The van der Waals surface area contributed by atoms with Crippen LogP contribution in [0.25, 0.3) is 0 Å². The monoisotopic (exact) mass is 277 g/mol. The minimum atomic E-state index is -0.202. The van der Waals surface area contributed by atoms with Gasteiger partial charge in [0.2, 0.25) is 0 Å². The lowest BCUT2D eigenvalue weighted by atomic mass is 10.0. The highest BCUT2D eigenvalue weighted by Gasteiger charge is 2.30. The van der Waals surface area contributed by atoms with Crippen LogP contribution < -0.4 is 0 Å². The van der Waals surface area contributed by atoms with Crippen molar-refractivity contribution in [2.45, 2.75) is 32.0 Å². The fraction of sp³-hybridized carbons (Fsp3) is 0.562. The molecule has 0 radical (unpaired) electrons. The third-order valence-electron chi connectivity index (χ3n) is 3.55. The first kappa shape index (κ1) is 15.0. The largest absolute Gasteiger partial charge is 0.454 e. The number of carbonyl (C=O) groups excluding carboxylic acids is 1. The SMILES string of the molecule is CC(CCC1OC(=O)c2ccccc21)OCCN(C)C. The molecule has 0 fully saturated rings. The standard InChI is InChI=1S/C16H23NO3/c1-12(19-11-10-17(2)3)8-9-15-13-6-4-5-7-14(13)16(18)20-15/h4-7,12,15H,8-11H2,1-3H3. The Morgan fingerprint density at radius 3 is 2.85 bits per heavy atom. The van der Waals surface area contributed by atoms with E-state index in [-0.39, 0.29) is 18.2 Å². The quantitative estimate of drug-likeness (QED) is 0.718. The number of cyclic esters (lactones) is 1. The van der Waals surface area contributed by atoms with Crippen LogP contribution in [0.3, 0.4) is 0 Å². The van der Waals surface area contributed by atoms with Gasteiger partial charge in [0.15, 0.2) is 0 Å². The molecule has 1 aromatic carbocycles. The predicted molar refractivity (Wildman–Crippen MR) is 77.8 cm³/mol. The molecule has 110 valence electrons. The molecule has 1 aliphatic rings. The van der Waals surface area contributed by atoms with Crippen molar-refractivity contribution in [2.24, 2.45) is 0 Å². The van der Waals surface area contributed by atoms with E-state index in [9.17, 15) is 4.79 Å². The highest BCUT2D eigenvalue weighted by atomic mass is 16.5. The lowest BCUT2D eigenvalue weighted by Gasteiger charge is -2.17.